The van der Waals surface area contributed by atoms with Crippen LogP contribution in [-0.4, -0.2) is 21.9 Å². The molecule has 0 rings (SSSR count). The first-order chi connectivity index (χ1) is 0. The first-order valence-electron chi connectivity index (χ1n) is 0. The molecule has 0 aliphatic rings. The van der Waals surface area contributed by atoms with Crippen molar-refractivity contribution in [3.8, 4) is 0 Å². The minimum atomic E-state index is 0. The van der Waals surface area contributed by atoms with E-state index < -0.39 is 0 Å². The Hall–Kier alpha value is 1.13. The van der Waals surface area contributed by atoms with Crippen LogP contribution in [0.25, 0.3) is 0 Å². The van der Waals surface area contributed by atoms with Crippen molar-refractivity contribution in [3.05, 3.63) is 0 Å². The summed E-state index contributed by atoms with van der Waals surface area (Å²) in [7, 11) is 0. The van der Waals surface area contributed by atoms with E-state index in [0.29, 0.717) is 0 Å². The number of hydrogen-bond donors (Lipinski definition) is 0. The van der Waals surface area contributed by atoms with Crippen molar-refractivity contribution in [2.45, 2.75) is 0 Å². The molecule has 1 radical (unpaired) electrons. The summed E-state index contributed by atoms with van der Waals surface area (Å²) in [5.41, 5.74) is 0. The number of halogens is 1. The third-order valence-electron chi connectivity index (χ3n) is 0. The van der Waals surface area contributed by atoms with Gasteiger partial charge in [0, 0.05) is 0 Å². The Morgan fingerprint density at radius 2 is 0.571 bits per heavy atom. The van der Waals surface area contributed by atoms with E-state index in [1.807, 2.05) is 0 Å². The predicted octanol–water partition coefficient (Wildman–Crippen LogP) is -0.290. The summed E-state index contributed by atoms with van der Waals surface area (Å²) in [6, 6.07) is 0. The third-order valence-corrected chi connectivity index (χ3v) is 0. The summed E-state index contributed by atoms with van der Waals surface area (Å²) < 4.78 is 0. The summed E-state index contributed by atoms with van der Waals surface area (Å²) in [5.74, 6) is 0. The summed E-state index contributed by atoms with van der Waals surface area (Å²) >= 11 is 0. The van der Waals surface area contributed by atoms with E-state index in [4.69, 9.17) is 0 Å². The van der Waals surface area contributed by atoms with Crippen LogP contribution in [0.5, 0.6) is 0 Å². The number of rotatable bonds is 0. The van der Waals surface area contributed by atoms with Crippen molar-refractivity contribution >= 4 is 12.4 Å². The van der Waals surface area contributed by atoms with Gasteiger partial charge in [0.1, 0.15) is 0 Å². The van der Waals surface area contributed by atoms with Gasteiger partial charge in [-0.3, -0.25) is 0 Å². The average molecular weight is 222 g/mol. The minimum absolute atomic E-state index is 0. The molecule has 0 heterocycles. The zero-order valence-electron chi connectivity index (χ0n) is 2.85. The maximum atomic E-state index is 0. The smallest absolute Gasteiger partial charge is 0.870 e. The van der Waals surface area contributed by atoms with Gasteiger partial charge >= 0.3 is 33.3 Å². The monoisotopic (exact) mass is 221 g/mol. The molecule has 7 heavy (non-hydrogen) atoms. The Bertz CT molecular complexity index is 11.7. The van der Waals surface area contributed by atoms with Gasteiger partial charge in [-0.25, -0.2) is 0 Å². The van der Waals surface area contributed by atoms with Gasteiger partial charge < -0.3 is 21.9 Å². The second-order valence-electron chi connectivity index (χ2n) is 0. The Balaban J connectivity index is 0. The SMILES string of the molecule is Cl.[Co+2].[Ni+2].[OH-].[OH-].[OH-].[OH-]. The Labute approximate surface area is 67.8 Å². The standard InChI is InChI=1S/ClH.Co.Ni.4H2O/h1H;;;4*1H2/q;2*+2;;;;/p-4. The van der Waals surface area contributed by atoms with Gasteiger partial charge in [0.25, 0.3) is 0 Å². The van der Waals surface area contributed by atoms with E-state index in [1.165, 1.54) is 0 Å². The molecule has 0 aliphatic heterocycles. The molecule has 0 aliphatic carbocycles. The first kappa shape index (κ1) is 324. The van der Waals surface area contributed by atoms with E-state index in [9.17, 15) is 0 Å². The molecule has 4 N–H and O–H groups in total. The van der Waals surface area contributed by atoms with Crippen LogP contribution in [-0.2, 0) is 33.3 Å². The molecule has 0 aromatic heterocycles. The zero-order valence-corrected chi connectivity index (χ0v) is 5.69. The molecule has 0 saturated carbocycles. The van der Waals surface area contributed by atoms with Gasteiger partial charge in [-0.15, -0.1) is 12.4 Å². The van der Waals surface area contributed by atoms with Crippen molar-refractivity contribution in [2.75, 3.05) is 0 Å². The molecule has 0 amide bonds. The molecule has 55 valence electrons. The van der Waals surface area contributed by atoms with E-state index >= 15 is 0 Å². The molecule has 0 aromatic carbocycles. The second kappa shape index (κ2) is 210. The van der Waals surface area contributed by atoms with Gasteiger partial charge in [0.2, 0.25) is 0 Å². The fraction of sp³-hybridized carbons (Fsp3) is 0. The van der Waals surface area contributed by atoms with Crippen LogP contribution < -0.4 is 0 Å². The van der Waals surface area contributed by atoms with Crippen LogP contribution in [0.1, 0.15) is 0 Å². The molecule has 4 nitrogen and oxygen atoms in total. The van der Waals surface area contributed by atoms with Crippen molar-refractivity contribution in [3.63, 3.8) is 0 Å². The van der Waals surface area contributed by atoms with Crippen LogP contribution in [0.15, 0.2) is 0 Å². The molecule has 0 spiro atoms. The number of hydrogen-bond acceptors (Lipinski definition) is 4. The van der Waals surface area contributed by atoms with Crippen LogP contribution in [0.4, 0.5) is 0 Å². The fourth-order valence-electron chi connectivity index (χ4n) is 0. The Morgan fingerprint density at radius 3 is 0.571 bits per heavy atom. The molecule has 0 saturated heterocycles. The van der Waals surface area contributed by atoms with Crippen LogP contribution >= 0.6 is 12.4 Å². The molecule has 0 bridgehead atoms. The topological polar surface area (TPSA) is 120 Å². The molecule has 7 heteroatoms. The molecular weight excluding hydrogens is 217 g/mol. The molecule has 0 atom stereocenters. The van der Waals surface area contributed by atoms with E-state index in [1.54, 1.807) is 0 Å². The summed E-state index contributed by atoms with van der Waals surface area (Å²) in [5, 5.41) is 0. The van der Waals surface area contributed by atoms with Crippen molar-refractivity contribution in [1.29, 1.82) is 0 Å². The summed E-state index contributed by atoms with van der Waals surface area (Å²) in [4.78, 5) is 0. The van der Waals surface area contributed by atoms with Crippen LogP contribution in [0.2, 0.25) is 0 Å². The molecule has 0 unspecified atom stereocenters. The predicted molar refractivity (Wildman–Crippen MR) is 15.0 cm³/mol. The normalized spacial score (nSPS) is 0. The Morgan fingerprint density at radius 1 is 0.571 bits per heavy atom. The second-order valence-corrected chi connectivity index (χ2v) is 0. The van der Waals surface area contributed by atoms with Crippen molar-refractivity contribution in [2.24, 2.45) is 0 Å². The van der Waals surface area contributed by atoms with E-state index in [2.05, 4.69) is 0 Å². The van der Waals surface area contributed by atoms with E-state index in [0.717, 1.165) is 0 Å². The quantitative estimate of drug-likeness (QED) is 0.522. The van der Waals surface area contributed by atoms with Crippen LogP contribution in [0, 0.1) is 0 Å². The zero-order chi connectivity index (χ0) is 0. The Kier molecular flexibility index (Phi) is 9700. The van der Waals surface area contributed by atoms with Gasteiger partial charge in [0.15, 0.2) is 0 Å². The first-order valence-corrected chi connectivity index (χ1v) is 0. The minimum Gasteiger partial charge on any atom is -0.870 e. The third kappa shape index (κ3) is 147. The fourth-order valence-corrected chi connectivity index (χ4v) is 0. The molecule has 0 aromatic rings. The van der Waals surface area contributed by atoms with E-state index in [-0.39, 0.29) is 67.6 Å². The van der Waals surface area contributed by atoms with Crippen molar-refractivity contribution < 1.29 is 55.2 Å². The van der Waals surface area contributed by atoms with Gasteiger partial charge in [-0.2, -0.15) is 0 Å². The van der Waals surface area contributed by atoms with Gasteiger partial charge in [-0.1, -0.05) is 0 Å². The summed E-state index contributed by atoms with van der Waals surface area (Å²) in [6.45, 7) is 0. The van der Waals surface area contributed by atoms with Crippen molar-refractivity contribution in [1.82, 2.24) is 0 Å². The molecule has 0 fully saturated rings. The van der Waals surface area contributed by atoms with Gasteiger partial charge in [-0.05, 0) is 0 Å². The maximum absolute atomic E-state index is 0. The van der Waals surface area contributed by atoms with Crippen LogP contribution in [0.3, 0.4) is 0 Å². The molecular formula is H5ClCoNiO4. The maximum Gasteiger partial charge on any atom is 2.00 e. The van der Waals surface area contributed by atoms with Gasteiger partial charge in [0.05, 0.1) is 0 Å². The summed E-state index contributed by atoms with van der Waals surface area (Å²) in [6.07, 6.45) is 0. The average Bonchev–Trinajstić information content (AvgIpc) is 0. The largest absolute Gasteiger partial charge is 2.00 e.